The number of ether oxygens (including phenoxy) is 1. The molecule has 2 saturated carbocycles. The monoisotopic (exact) mass is 722 g/mol. The molecule has 0 unspecified atom stereocenters. The predicted octanol–water partition coefficient (Wildman–Crippen LogP) is 2.83. The van der Waals surface area contributed by atoms with E-state index in [-0.39, 0.29) is 19.4 Å². The summed E-state index contributed by atoms with van der Waals surface area (Å²) in [5.41, 5.74) is -1.23. The van der Waals surface area contributed by atoms with Crippen LogP contribution < -0.4 is 20.7 Å². The van der Waals surface area contributed by atoms with E-state index in [2.05, 4.69) is 25.7 Å². The molecule has 4 aliphatic rings. The first-order valence-corrected chi connectivity index (χ1v) is 19.2. The molecule has 14 nitrogen and oxygen atoms in total. The molecular weight excluding hydrogens is 676 g/mol. The molecule has 5 amide bonds. The number of nitrogens with one attached hydrogen (secondary N) is 4. The number of nitrogens with zero attached hydrogens (tertiary/aromatic N) is 2. The second-order valence-electron chi connectivity index (χ2n) is 15.0. The van der Waals surface area contributed by atoms with Crippen molar-refractivity contribution in [3.63, 3.8) is 0 Å². The lowest BCUT2D eigenvalue weighted by molar-refractivity contribution is -0.141. The topological polar surface area (TPSA) is 193 Å². The molecule has 3 fully saturated rings. The summed E-state index contributed by atoms with van der Waals surface area (Å²) in [6.07, 6.45) is 8.93. The van der Waals surface area contributed by atoms with Gasteiger partial charge in [-0.25, -0.2) is 13.2 Å². The maximum absolute atomic E-state index is 14.3. The average molecular weight is 723 g/mol. The zero-order valence-corrected chi connectivity index (χ0v) is 30.0. The molecule has 51 heavy (non-hydrogen) atoms. The molecule has 0 bridgehead atoms. The highest BCUT2D eigenvalue weighted by atomic mass is 32.2. The van der Waals surface area contributed by atoms with E-state index in [1.54, 1.807) is 51.2 Å². The summed E-state index contributed by atoms with van der Waals surface area (Å²) < 4.78 is 33.2. The highest BCUT2D eigenvalue weighted by Crippen LogP contribution is 2.46. The molecule has 274 valence electrons. The average Bonchev–Trinajstić information content (AvgIpc) is 3.99. The van der Waals surface area contributed by atoms with Crippen LogP contribution in [-0.2, 0) is 29.1 Å². The minimum Gasteiger partial charge on any atom is -0.444 e. The molecule has 2 aliphatic heterocycles. The van der Waals surface area contributed by atoms with Gasteiger partial charge in [0, 0.05) is 35.7 Å². The maximum atomic E-state index is 14.3. The number of allylic oxidation sites excluding steroid dienone is 1. The lowest BCUT2D eigenvalue weighted by Gasteiger charge is -2.30. The summed E-state index contributed by atoms with van der Waals surface area (Å²) in [7, 11) is -3.89. The molecule has 1 saturated heterocycles. The molecule has 1 aromatic carbocycles. The van der Waals surface area contributed by atoms with Gasteiger partial charge in [-0.15, -0.1) is 0 Å². The lowest BCUT2D eigenvalue weighted by atomic mass is 10.0. The lowest BCUT2D eigenvalue weighted by Crippen LogP contribution is -2.58. The molecule has 3 heterocycles. The van der Waals surface area contributed by atoms with Crippen molar-refractivity contribution >= 4 is 50.6 Å². The zero-order chi connectivity index (χ0) is 36.6. The number of carbonyl (C=O) groups is 5. The number of amides is 5. The number of sulfonamides is 1. The SMILES string of the molecule is CC(C)(C)OC(=O)N[C@H]1CCCCCC=C[C@@H]2C[C@@]2(C(=O)NS(=O)(=O)C2CC2)NC(=O)[C@@H]2C[C@@H](NC(=O)c3ccc4ncccc4c3)CN2C1=O. The largest absolute Gasteiger partial charge is 0.444 e. The normalized spacial score (nSPS) is 27.2. The minimum atomic E-state index is -3.89. The van der Waals surface area contributed by atoms with Crippen LogP contribution in [0.3, 0.4) is 0 Å². The van der Waals surface area contributed by atoms with Gasteiger partial charge >= 0.3 is 6.09 Å². The van der Waals surface area contributed by atoms with E-state index in [9.17, 15) is 32.4 Å². The Labute approximate surface area is 297 Å². The van der Waals surface area contributed by atoms with Crippen molar-refractivity contribution in [1.82, 2.24) is 30.6 Å². The fraction of sp³-hybridized carbons (Fsp3) is 0.556. The second kappa shape index (κ2) is 14.2. The van der Waals surface area contributed by atoms with Crippen molar-refractivity contribution in [3.05, 3.63) is 54.2 Å². The van der Waals surface area contributed by atoms with Crippen LogP contribution in [0.1, 0.15) is 88.9 Å². The maximum Gasteiger partial charge on any atom is 0.408 e. The number of hydrogen-bond acceptors (Lipinski definition) is 9. The Morgan fingerprint density at radius 1 is 1.04 bits per heavy atom. The fourth-order valence-corrected chi connectivity index (χ4v) is 8.20. The number of carbonyl (C=O) groups excluding carboxylic acids is 5. The Hall–Kier alpha value is -4.53. The highest BCUT2D eigenvalue weighted by Gasteiger charge is 2.62. The third-order valence-electron chi connectivity index (χ3n) is 9.77. The number of benzene rings is 1. The van der Waals surface area contributed by atoms with Gasteiger partial charge in [0.05, 0.1) is 10.8 Å². The van der Waals surface area contributed by atoms with Crippen molar-refractivity contribution in [1.29, 1.82) is 0 Å². The third kappa shape index (κ3) is 8.51. The molecule has 2 aromatic rings. The van der Waals surface area contributed by atoms with E-state index in [0.717, 1.165) is 23.7 Å². The third-order valence-corrected chi connectivity index (χ3v) is 11.6. The Morgan fingerprint density at radius 3 is 2.57 bits per heavy atom. The molecule has 4 N–H and O–H groups in total. The van der Waals surface area contributed by atoms with Crippen LogP contribution in [-0.4, -0.2) is 89.1 Å². The number of pyridine rings is 1. The van der Waals surface area contributed by atoms with Gasteiger partial charge in [0.1, 0.15) is 23.2 Å². The summed E-state index contributed by atoms with van der Waals surface area (Å²) in [6, 6.07) is 5.90. The van der Waals surface area contributed by atoms with Crippen LogP contribution in [0, 0.1) is 5.92 Å². The van der Waals surface area contributed by atoms with E-state index in [1.807, 2.05) is 18.2 Å². The molecule has 5 atom stereocenters. The standard InChI is InChI=1S/C36H46N6O8S/c1-35(2,3)50-34(47)39-28-12-8-6-4-5-7-11-24-20-36(24,33(46)41-51(48,49)26-14-15-26)40-31(44)29-19-25(21-42(29)32(28)45)38-30(43)23-13-16-27-22(18-23)10-9-17-37-27/h7,9-11,13,16-18,24-26,28-29H,4-6,8,12,14-15,19-21H2,1-3H3,(H,38,43)(H,39,47)(H,40,44)(H,41,46)/t24-,25-,28+,29+,36-/m1/s1. The van der Waals surface area contributed by atoms with Gasteiger partial charge < -0.3 is 25.6 Å². The van der Waals surface area contributed by atoms with Crippen molar-refractivity contribution in [2.75, 3.05) is 6.54 Å². The number of hydrogen-bond donors (Lipinski definition) is 4. The van der Waals surface area contributed by atoms with E-state index in [4.69, 9.17) is 4.74 Å². The van der Waals surface area contributed by atoms with Crippen LogP contribution >= 0.6 is 0 Å². The zero-order valence-electron chi connectivity index (χ0n) is 29.1. The quantitative estimate of drug-likeness (QED) is 0.325. The number of fused-ring (bicyclic) bond motifs is 3. The van der Waals surface area contributed by atoms with Crippen molar-refractivity contribution in [3.8, 4) is 0 Å². The Balaban J connectivity index is 1.27. The molecule has 0 radical (unpaired) electrons. The van der Waals surface area contributed by atoms with E-state index < -0.39 is 80.2 Å². The first-order chi connectivity index (χ1) is 24.1. The Bertz CT molecular complexity index is 1850. The smallest absolute Gasteiger partial charge is 0.408 e. The van der Waals surface area contributed by atoms with Crippen LogP contribution in [0.2, 0.25) is 0 Å². The van der Waals surface area contributed by atoms with Gasteiger partial charge in [-0.3, -0.25) is 28.9 Å². The first-order valence-electron chi connectivity index (χ1n) is 17.7. The summed E-state index contributed by atoms with van der Waals surface area (Å²) in [5, 5.41) is 8.63. The van der Waals surface area contributed by atoms with Crippen molar-refractivity contribution in [2.45, 2.75) is 113 Å². The van der Waals surface area contributed by atoms with E-state index >= 15 is 0 Å². The van der Waals surface area contributed by atoms with E-state index in [0.29, 0.717) is 37.7 Å². The predicted molar refractivity (Wildman–Crippen MR) is 188 cm³/mol. The summed E-state index contributed by atoms with van der Waals surface area (Å²) in [6.45, 7) is 5.10. The highest BCUT2D eigenvalue weighted by molar-refractivity contribution is 7.91. The van der Waals surface area contributed by atoms with Gasteiger partial charge in [-0.1, -0.05) is 31.1 Å². The number of aromatic nitrogens is 1. The van der Waals surface area contributed by atoms with Crippen molar-refractivity contribution in [2.24, 2.45) is 5.92 Å². The summed E-state index contributed by atoms with van der Waals surface area (Å²) in [4.78, 5) is 74.1. The first kappa shape index (κ1) is 36.3. The molecule has 0 spiro atoms. The van der Waals surface area contributed by atoms with Gasteiger partial charge in [-0.05, 0) is 90.0 Å². The molecule has 1 aromatic heterocycles. The minimum absolute atomic E-state index is 0.0240. The molecule has 2 aliphatic carbocycles. The molecule has 6 rings (SSSR count). The van der Waals surface area contributed by atoms with E-state index in [1.165, 1.54) is 4.90 Å². The Kier molecular flexibility index (Phi) is 10.1. The summed E-state index contributed by atoms with van der Waals surface area (Å²) in [5.74, 6) is -2.83. The number of alkyl carbamates (subject to hydrolysis) is 1. The Morgan fingerprint density at radius 2 is 1.82 bits per heavy atom. The van der Waals surface area contributed by atoms with Gasteiger partial charge in [0.15, 0.2) is 0 Å². The van der Waals surface area contributed by atoms with Crippen LogP contribution in [0.4, 0.5) is 4.79 Å². The van der Waals surface area contributed by atoms with Crippen LogP contribution in [0.5, 0.6) is 0 Å². The fourth-order valence-electron chi connectivity index (χ4n) is 6.84. The van der Waals surface area contributed by atoms with Gasteiger partial charge in [0.25, 0.3) is 11.8 Å². The molecule has 15 heteroatoms. The molecular formula is C36H46N6O8S. The number of rotatable bonds is 6. The van der Waals surface area contributed by atoms with Gasteiger partial charge in [-0.2, -0.15) is 0 Å². The van der Waals surface area contributed by atoms with Crippen LogP contribution in [0.15, 0.2) is 48.7 Å². The van der Waals surface area contributed by atoms with Gasteiger partial charge in [0.2, 0.25) is 21.8 Å². The van der Waals surface area contributed by atoms with Crippen molar-refractivity contribution < 1.29 is 37.1 Å². The second-order valence-corrected chi connectivity index (χ2v) is 17.0. The van der Waals surface area contributed by atoms with Crippen LogP contribution in [0.25, 0.3) is 10.9 Å². The summed E-state index contributed by atoms with van der Waals surface area (Å²) >= 11 is 0.